The van der Waals surface area contributed by atoms with Gasteiger partial charge in [-0.3, -0.25) is 0 Å². The van der Waals surface area contributed by atoms with Crippen molar-refractivity contribution in [2.45, 2.75) is 12.3 Å². The predicted octanol–water partition coefficient (Wildman–Crippen LogP) is 8.89. The molecule has 0 aromatic heterocycles. The first-order valence-electron chi connectivity index (χ1n) is 14.8. The molecule has 4 heteroatoms. The van der Waals surface area contributed by atoms with Crippen LogP contribution < -0.4 is 21.2 Å². The second-order valence-electron chi connectivity index (χ2n) is 10.9. The fraction of sp³-hybridized carbons (Fsp3) is 0.0500. The second kappa shape index (κ2) is 13.4. The van der Waals surface area contributed by atoms with Gasteiger partial charge in [-0.05, 0) is 22.3 Å². The molecule has 2 nitrogen and oxygen atoms in total. The number of rotatable bonds is 10. The van der Waals surface area contributed by atoms with Gasteiger partial charge in [-0.2, -0.15) is 0 Å². The van der Waals surface area contributed by atoms with Crippen LogP contribution in [0.25, 0.3) is 12.2 Å². The van der Waals surface area contributed by atoms with Crippen LogP contribution in [0.2, 0.25) is 0 Å². The molecule has 0 fully saturated rings. The van der Waals surface area contributed by atoms with Crippen LogP contribution in [0.5, 0.6) is 0 Å². The van der Waals surface area contributed by atoms with Crippen LogP contribution in [0.15, 0.2) is 170 Å². The van der Waals surface area contributed by atoms with Gasteiger partial charge in [0.1, 0.15) is 14.3 Å². The Morgan fingerprint density at radius 1 is 0.364 bits per heavy atom. The fourth-order valence-electron chi connectivity index (χ4n) is 5.72. The summed E-state index contributed by atoms with van der Waals surface area (Å²) >= 11 is 0. The van der Waals surface area contributed by atoms with E-state index in [1.165, 1.54) is 0 Å². The van der Waals surface area contributed by atoms with E-state index in [2.05, 4.69) is 36.4 Å². The summed E-state index contributed by atoms with van der Waals surface area (Å²) in [5.41, 5.74) is 3.98. The van der Waals surface area contributed by atoms with Crippen molar-refractivity contribution >= 4 is 47.7 Å². The molecule has 6 aromatic rings. The lowest BCUT2D eigenvalue weighted by molar-refractivity contribution is 0.586. The van der Waals surface area contributed by atoms with Gasteiger partial charge in [0.25, 0.3) is 0 Å². The van der Waals surface area contributed by atoms with Crippen LogP contribution in [0, 0.1) is 0 Å². The van der Waals surface area contributed by atoms with E-state index in [-0.39, 0.29) is 0 Å². The lowest BCUT2D eigenvalue weighted by atomic mass is 10.0. The van der Waals surface area contributed by atoms with Gasteiger partial charge in [-0.1, -0.05) is 182 Å². The molecular weight excluding hydrogens is 574 g/mol. The van der Waals surface area contributed by atoms with Crippen LogP contribution in [-0.2, 0) is 21.5 Å². The molecule has 0 aliphatic rings. The summed E-state index contributed by atoms with van der Waals surface area (Å²) in [6, 6.07) is 55.5. The summed E-state index contributed by atoms with van der Waals surface area (Å²) in [7, 11) is -6.12. The second-order valence-corrected chi connectivity index (χ2v) is 16.5. The third-order valence-electron chi connectivity index (χ3n) is 8.01. The average molecular weight is 609 g/mol. The van der Waals surface area contributed by atoms with Gasteiger partial charge < -0.3 is 9.13 Å². The smallest absolute Gasteiger partial charge is 0.147 e. The SMILES string of the molecule is O=P(Cc1cccc(CP(=O)(c2ccccc2)c2ccccc2)c1/C=C/c1ccccc1)(c1ccccc1)c1ccccc1. The molecule has 0 amide bonds. The molecule has 0 aliphatic carbocycles. The van der Waals surface area contributed by atoms with Crippen molar-refractivity contribution in [3.8, 4) is 0 Å². The molecule has 0 bridgehead atoms. The Morgan fingerprint density at radius 3 is 1.02 bits per heavy atom. The maximum absolute atomic E-state index is 15.2. The third kappa shape index (κ3) is 6.39. The van der Waals surface area contributed by atoms with Crippen molar-refractivity contribution in [1.82, 2.24) is 0 Å². The minimum atomic E-state index is -3.06. The summed E-state index contributed by atoms with van der Waals surface area (Å²) in [6.07, 6.45) is 4.91. The van der Waals surface area contributed by atoms with E-state index in [0.717, 1.165) is 43.5 Å². The molecule has 6 rings (SSSR count). The van der Waals surface area contributed by atoms with E-state index in [4.69, 9.17) is 0 Å². The number of hydrogen-bond donors (Lipinski definition) is 0. The Kier molecular flexibility index (Phi) is 9.04. The van der Waals surface area contributed by atoms with Crippen molar-refractivity contribution in [2.24, 2.45) is 0 Å². The zero-order chi connectivity index (χ0) is 30.2. The summed E-state index contributed by atoms with van der Waals surface area (Å²) in [5.74, 6) is 0. The summed E-state index contributed by atoms with van der Waals surface area (Å²) < 4.78 is 30.3. The molecule has 6 aromatic carbocycles. The standard InChI is InChI=1S/C40H34O2P2/c41-43(36-21-8-2-9-22-36,37-23-10-3-11-24-37)31-34-19-16-20-35(40(34)30-29-33-17-6-1-7-18-33)32-44(42,38-25-12-4-13-26-38)39-27-14-5-15-28-39/h1-30H,31-32H2/b30-29+. The molecule has 0 saturated heterocycles. The largest absolute Gasteiger partial charge is 0.313 e. The monoisotopic (exact) mass is 608 g/mol. The van der Waals surface area contributed by atoms with Gasteiger partial charge in [0.15, 0.2) is 0 Å². The van der Waals surface area contributed by atoms with Gasteiger partial charge in [-0.25, -0.2) is 0 Å². The molecule has 0 heterocycles. The molecule has 0 atom stereocenters. The molecule has 0 radical (unpaired) electrons. The molecule has 0 saturated carbocycles. The van der Waals surface area contributed by atoms with E-state index in [1.54, 1.807) is 0 Å². The van der Waals surface area contributed by atoms with Crippen LogP contribution in [0.4, 0.5) is 0 Å². The molecule has 44 heavy (non-hydrogen) atoms. The van der Waals surface area contributed by atoms with Crippen molar-refractivity contribution < 1.29 is 9.13 Å². The lowest BCUT2D eigenvalue weighted by Gasteiger charge is -2.24. The Balaban J connectivity index is 1.52. The highest BCUT2D eigenvalue weighted by molar-refractivity contribution is 7.78. The maximum Gasteiger partial charge on any atom is 0.147 e. The van der Waals surface area contributed by atoms with E-state index in [0.29, 0.717) is 12.3 Å². The first-order valence-corrected chi connectivity index (χ1v) is 18.6. The molecule has 0 unspecified atom stereocenters. The van der Waals surface area contributed by atoms with Crippen LogP contribution in [0.1, 0.15) is 22.3 Å². The predicted molar refractivity (Wildman–Crippen MR) is 189 cm³/mol. The Morgan fingerprint density at radius 2 is 0.682 bits per heavy atom. The van der Waals surface area contributed by atoms with E-state index < -0.39 is 14.3 Å². The average Bonchev–Trinajstić information content (AvgIpc) is 3.10. The summed E-state index contributed by atoms with van der Waals surface area (Å²) in [4.78, 5) is 0. The maximum atomic E-state index is 15.2. The minimum absolute atomic E-state index is 0.351. The van der Waals surface area contributed by atoms with Crippen molar-refractivity contribution in [3.63, 3.8) is 0 Å². The fourth-order valence-corrected chi connectivity index (χ4v) is 11.2. The van der Waals surface area contributed by atoms with Crippen molar-refractivity contribution in [2.75, 3.05) is 0 Å². The number of hydrogen-bond acceptors (Lipinski definition) is 2. The van der Waals surface area contributed by atoms with E-state index >= 15 is 9.13 Å². The third-order valence-corrected chi connectivity index (χ3v) is 14.1. The highest BCUT2D eigenvalue weighted by Crippen LogP contribution is 2.50. The zero-order valence-electron chi connectivity index (χ0n) is 24.4. The molecular formula is C40H34O2P2. The lowest BCUT2D eigenvalue weighted by Crippen LogP contribution is -2.19. The van der Waals surface area contributed by atoms with Crippen LogP contribution in [0.3, 0.4) is 0 Å². The normalized spacial score (nSPS) is 11.9. The minimum Gasteiger partial charge on any atom is -0.313 e. The summed E-state index contributed by atoms with van der Waals surface area (Å²) in [6.45, 7) is 0. The molecule has 216 valence electrons. The Bertz CT molecular complexity index is 1730. The summed E-state index contributed by atoms with van der Waals surface area (Å²) in [5, 5.41) is 3.31. The van der Waals surface area contributed by atoms with Crippen LogP contribution >= 0.6 is 14.3 Å². The molecule has 0 spiro atoms. The zero-order valence-corrected chi connectivity index (χ0v) is 26.2. The quantitative estimate of drug-likeness (QED) is 0.115. The first kappa shape index (κ1) is 29.6. The first-order chi connectivity index (χ1) is 21.6. The molecule has 0 aliphatic heterocycles. The highest BCUT2D eigenvalue weighted by atomic mass is 31.2. The molecule has 0 N–H and O–H groups in total. The van der Waals surface area contributed by atoms with E-state index in [9.17, 15) is 0 Å². The van der Waals surface area contributed by atoms with Gasteiger partial charge >= 0.3 is 0 Å². The van der Waals surface area contributed by atoms with Crippen molar-refractivity contribution in [1.29, 1.82) is 0 Å². The van der Waals surface area contributed by atoms with Crippen molar-refractivity contribution in [3.05, 3.63) is 192 Å². The van der Waals surface area contributed by atoms with E-state index in [1.807, 2.05) is 146 Å². The number of benzene rings is 6. The Hall–Kier alpha value is -4.48. The van der Waals surface area contributed by atoms with Gasteiger partial charge in [-0.15, -0.1) is 0 Å². The Labute approximate surface area is 260 Å². The highest BCUT2D eigenvalue weighted by Gasteiger charge is 2.31. The van der Waals surface area contributed by atoms with Gasteiger partial charge in [0, 0.05) is 33.5 Å². The van der Waals surface area contributed by atoms with Gasteiger partial charge in [0.05, 0.1) is 0 Å². The van der Waals surface area contributed by atoms with Gasteiger partial charge in [0.2, 0.25) is 0 Å². The topological polar surface area (TPSA) is 34.1 Å². The van der Waals surface area contributed by atoms with Crippen LogP contribution in [-0.4, -0.2) is 0 Å².